The van der Waals surface area contributed by atoms with Gasteiger partial charge < -0.3 is 4.74 Å². The van der Waals surface area contributed by atoms with Crippen molar-refractivity contribution < 1.29 is 9.30 Å². The largest absolute Gasteiger partial charge is 0.455 e. The summed E-state index contributed by atoms with van der Waals surface area (Å²) >= 11 is 0. The third-order valence-electron chi connectivity index (χ3n) is 7.90. The highest BCUT2D eigenvalue weighted by atomic mass is 16.5. The van der Waals surface area contributed by atoms with Gasteiger partial charge in [-0.15, -0.1) is 0 Å². The Kier molecular flexibility index (Phi) is 5.39. The Morgan fingerprint density at radius 1 is 0.865 bits per heavy atom. The van der Waals surface area contributed by atoms with Crippen LogP contribution in [-0.2, 0) is 19.9 Å². The minimum Gasteiger partial charge on any atom is -0.455 e. The number of hydrogen-bond donors (Lipinski definition) is 0. The lowest BCUT2D eigenvalue weighted by Gasteiger charge is -2.28. The highest BCUT2D eigenvalue weighted by Gasteiger charge is 2.34. The molecule has 188 valence electrons. The van der Waals surface area contributed by atoms with Crippen LogP contribution in [0.3, 0.4) is 0 Å². The Hall–Kier alpha value is -3.39. The third-order valence-corrected chi connectivity index (χ3v) is 7.90. The number of nitrogens with zero attached hydrogens (tertiary/aromatic N) is 1. The average Bonchev–Trinajstić information content (AvgIpc) is 2.82. The molecule has 0 bridgehead atoms. The maximum absolute atomic E-state index is 7.06. The summed E-state index contributed by atoms with van der Waals surface area (Å²) in [6.45, 7) is 16.0. The molecule has 5 aromatic rings. The molecule has 6 rings (SSSR count). The zero-order valence-electron chi connectivity index (χ0n) is 23.5. The van der Waals surface area contributed by atoms with Crippen LogP contribution in [0.25, 0.3) is 43.6 Å². The van der Waals surface area contributed by atoms with Gasteiger partial charge in [0, 0.05) is 17.0 Å². The van der Waals surface area contributed by atoms with Gasteiger partial charge in [-0.05, 0) is 76.8 Å². The molecular weight excluding hydrogens is 450 g/mol. The van der Waals surface area contributed by atoms with E-state index in [1.807, 2.05) is 0 Å². The summed E-state index contributed by atoms with van der Waals surface area (Å²) in [5.74, 6) is 2.62. The van der Waals surface area contributed by atoms with Crippen molar-refractivity contribution in [3.63, 3.8) is 0 Å². The summed E-state index contributed by atoms with van der Waals surface area (Å²) in [6.07, 6.45) is 4.25. The second-order valence-corrected chi connectivity index (χ2v) is 12.7. The van der Waals surface area contributed by atoms with E-state index >= 15 is 0 Å². The van der Waals surface area contributed by atoms with E-state index in [1.54, 1.807) is 0 Å². The van der Waals surface area contributed by atoms with Crippen LogP contribution in [0, 0.1) is 25.2 Å². The van der Waals surface area contributed by atoms with Gasteiger partial charge in [-0.2, -0.15) is 0 Å². The highest BCUT2D eigenvalue weighted by molar-refractivity contribution is 6.16. The molecule has 0 saturated heterocycles. The van der Waals surface area contributed by atoms with Crippen molar-refractivity contribution >= 4 is 32.3 Å². The zero-order valence-corrected chi connectivity index (χ0v) is 23.5. The topological polar surface area (TPSA) is 13.1 Å². The van der Waals surface area contributed by atoms with E-state index < -0.39 is 0 Å². The van der Waals surface area contributed by atoms with Gasteiger partial charge >= 0.3 is 0 Å². The fourth-order valence-corrected chi connectivity index (χ4v) is 6.37. The second-order valence-electron chi connectivity index (χ2n) is 12.7. The maximum Gasteiger partial charge on any atom is 0.228 e. The highest BCUT2D eigenvalue weighted by Crippen LogP contribution is 2.53. The van der Waals surface area contributed by atoms with Crippen LogP contribution in [0.15, 0.2) is 54.7 Å². The Morgan fingerprint density at radius 3 is 2.38 bits per heavy atom. The second kappa shape index (κ2) is 8.31. The number of ether oxygens (including phenoxy) is 1. The van der Waals surface area contributed by atoms with E-state index in [4.69, 9.17) is 4.74 Å². The average molecular weight is 489 g/mol. The first-order valence-electron chi connectivity index (χ1n) is 13.6. The van der Waals surface area contributed by atoms with Gasteiger partial charge in [0.15, 0.2) is 6.20 Å². The lowest BCUT2D eigenvalue weighted by Crippen LogP contribution is -2.32. The molecule has 2 heteroatoms. The first-order chi connectivity index (χ1) is 17.5. The first kappa shape index (κ1) is 24.0. The molecule has 1 aliphatic heterocycles. The molecule has 2 heterocycles. The molecule has 0 spiro atoms. The van der Waals surface area contributed by atoms with Crippen molar-refractivity contribution in [3.8, 4) is 22.8 Å². The number of hydrogen-bond acceptors (Lipinski definition) is 1. The summed E-state index contributed by atoms with van der Waals surface area (Å²) in [5.41, 5.74) is 7.95. The van der Waals surface area contributed by atoms with Crippen molar-refractivity contribution in [2.75, 3.05) is 0 Å². The summed E-state index contributed by atoms with van der Waals surface area (Å²) in [7, 11) is 2.18. The lowest BCUT2D eigenvalue weighted by atomic mass is 9.81. The van der Waals surface area contributed by atoms with Crippen molar-refractivity contribution in [3.05, 3.63) is 77.0 Å². The quantitative estimate of drug-likeness (QED) is 0.179. The molecule has 4 aromatic carbocycles. The number of aryl methyl sites for hydroxylation is 3. The van der Waals surface area contributed by atoms with E-state index in [2.05, 4.69) is 115 Å². The number of aromatic nitrogens is 1. The summed E-state index contributed by atoms with van der Waals surface area (Å²) in [5, 5.41) is 7.78. The van der Waals surface area contributed by atoms with E-state index in [1.165, 1.54) is 65.8 Å². The Balaban J connectivity index is 1.78. The van der Waals surface area contributed by atoms with Crippen LogP contribution in [-0.4, -0.2) is 0 Å². The molecular formula is C35H38NO+. The Morgan fingerprint density at radius 2 is 1.65 bits per heavy atom. The number of benzene rings is 4. The SMILES string of the molecule is Cc1ccc2c(CC(C)(C)C)c3c(c(C)c2c1)-c1c2c(cc4c(CC(C)C)cccc4c2cc[n+]1C)O3. The van der Waals surface area contributed by atoms with E-state index in [0.29, 0.717) is 5.92 Å². The Labute approximate surface area is 220 Å². The standard InChI is InChI=1S/C35H38NO/c1-20(2)16-23-10-9-11-24-26-14-15-36(8)33-31-22(4)27-17-21(3)12-13-25(27)29(19-35(5,6)7)34(31)37-30(32(26)33)18-28(23)24/h9-15,17-18,20H,16,19H2,1-8H3/q+1. The van der Waals surface area contributed by atoms with Gasteiger partial charge in [-0.1, -0.05) is 76.6 Å². The molecule has 37 heavy (non-hydrogen) atoms. The fraction of sp³-hybridized carbons (Fsp3) is 0.343. The molecule has 0 amide bonds. The fourth-order valence-electron chi connectivity index (χ4n) is 6.37. The minimum absolute atomic E-state index is 0.131. The minimum atomic E-state index is 0.131. The number of pyridine rings is 1. The molecule has 0 unspecified atom stereocenters. The van der Waals surface area contributed by atoms with Gasteiger partial charge in [-0.25, -0.2) is 4.57 Å². The van der Waals surface area contributed by atoms with Crippen LogP contribution < -0.4 is 9.30 Å². The van der Waals surface area contributed by atoms with Gasteiger partial charge in [0.25, 0.3) is 0 Å². The van der Waals surface area contributed by atoms with E-state index in [0.717, 1.165) is 24.3 Å². The van der Waals surface area contributed by atoms with Gasteiger partial charge in [-0.3, -0.25) is 0 Å². The summed E-state index contributed by atoms with van der Waals surface area (Å²) in [6, 6.07) is 18.3. The monoisotopic (exact) mass is 488 g/mol. The van der Waals surface area contributed by atoms with Crippen LogP contribution in [0.4, 0.5) is 0 Å². The molecule has 0 aliphatic carbocycles. The lowest BCUT2D eigenvalue weighted by molar-refractivity contribution is -0.659. The zero-order chi connectivity index (χ0) is 26.2. The predicted molar refractivity (Wildman–Crippen MR) is 157 cm³/mol. The van der Waals surface area contributed by atoms with Crippen LogP contribution in [0.5, 0.6) is 11.5 Å². The van der Waals surface area contributed by atoms with Crippen LogP contribution in [0.1, 0.15) is 56.9 Å². The number of fused-ring (bicyclic) bond motifs is 5. The van der Waals surface area contributed by atoms with E-state index in [-0.39, 0.29) is 5.41 Å². The third kappa shape index (κ3) is 3.81. The predicted octanol–water partition coefficient (Wildman–Crippen LogP) is 9.15. The summed E-state index contributed by atoms with van der Waals surface area (Å²) < 4.78 is 9.35. The summed E-state index contributed by atoms with van der Waals surface area (Å²) in [4.78, 5) is 0. The van der Waals surface area contributed by atoms with Crippen LogP contribution >= 0.6 is 0 Å². The van der Waals surface area contributed by atoms with Gasteiger partial charge in [0.2, 0.25) is 5.69 Å². The number of rotatable bonds is 3. The molecule has 1 aliphatic rings. The van der Waals surface area contributed by atoms with E-state index in [9.17, 15) is 0 Å². The van der Waals surface area contributed by atoms with Crippen LogP contribution in [0.2, 0.25) is 0 Å². The Bertz CT molecular complexity index is 1730. The van der Waals surface area contributed by atoms with Gasteiger partial charge in [0.05, 0.1) is 10.9 Å². The van der Waals surface area contributed by atoms with Crippen molar-refractivity contribution in [2.45, 2.75) is 61.3 Å². The molecule has 0 radical (unpaired) electrons. The van der Waals surface area contributed by atoms with Crippen molar-refractivity contribution in [2.24, 2.45) is 18.4 Å². The van der Waals surface area contributed by atoms with Gasteiger partial charge in [0.1, 0.15) is 18.5 Å². The normalized spacial score (nSPS) is 13.0. The molecule has 1 aromatic heterocycles. The molecule has 2 nitrogen and oxygen atoms in total. The molecule has 0 fully saturated rings. The van der Waals surface area contributed by atoms with Crippen molar-refractivity contribution in [1.29, 1.82) is 0 Å². The van der Waals surface area contributed by atoms with Crippen molar-refractivity contribution in [1.82, 2.24) is 0 Å². The first-order valence-corrected chi connectivity index (χ1v) is 13.6. The smallest absolute Gasteiger partial charge is 0.228 e. The maximum atomic E-state index is 7.06. The molecule has 0 N–H and O–H groups in total. The molecule has 0 saturated carbocycles. The molecule has 0 atom stereocenters.